The summed E-state index contributed by atoms with van der Waals surface area (Å²) in [6.07, 6.45) is -12.6. The first-order valence-electron chi connectivity index (χ1n) is 7.27. The van der Waals surface area contributed by atoms with Gasteiger partial charge in [0, 0.05) is 13.5 Å². The van der Waals surface area contributed by atoms with Gasteiger partial charge >= 0.3 is 18.0 Å². The van der Waals surface area contributed by atoms with Crippen LogP contribution in [0, 0.1) is 0 Å². The van der Waals surface area contributed by atoms with Gasteiger partial charge in [0.05, 0.1) is 5.60 Å². The van der Waals surface area contributed by atoms with Crippen molar-refractivity contribution < 1.29 is 35.5 Å². The van der Waals surface area contributed by atoms with E-state index >= 15 is 0 Å². The van der Waals surface area contributed by atoms with Crippen molar-refractivity contribution in [3.05, 3.63) is 35.4 Å². The average Bonchev–Trinajstić information content (AvgIpc) is 2.45. The molecule has 1 rings (SSSR count). The molecule has 0 fully saturated rings. The highest BCUT2D eigenvalue weighted by molar-refractivity contribution is 5.28. The quantitative estimate of drug-likeness (QED) is 0.589. The number of rotatable bonds is 6. The number of benzene rings is 1. The maximum Gasteiger partial charge on any atom is 0.431 e. The zero-order valence-electron chi connectivity index (χ0n) is 13.5. The minimum Gasteiger partial charge on any atom is -0.374 e. The molecule has 1 aromatic rings. The second kappa shape index (κ2) is 6.90. The second-order valence-electron chi connectivity index (χ2n) is 5.86. The summed E-state index contributed by atoms with van der Waals surface area (Å²) in [6, 6.07) is 5.89. The largest absolute Gasteiger partial charge is 0.431 e. The van der Waals surface area contributed by atoms with Crippen LogP contribution in [0.3, 0.4) is 0 Å². The minimum absolute atomic E-state index is 0.0420. The Morgan fingerprint density at radius 2 is 1.33 bits per heavy atom. The molecule has 0 saturated carbocycles. The molecule has 0 saturated heterocycles. The number of methoxy groups -OCH3 is 1. The molecular weight excluding hydrogens is 341 g/mol. The SMILES string of the molecule is CCCc1ccc(C(C)(CC(F)(C(F)(F)F)C(F)(F)F)OC)cc1. The Hall–Kier alpha value is -1.31. The molecule has 0 amide bonds. The lowest BCUT2D eigenvalue weighted by atomic mass is 9.83. The molecule has 8 heteroatoms. The van der Waals surface area contributed by atoms with Gasteiger partial charge < -0.3 is 4.74 Å². The van der Waals surface area contributed by atoms with Crippen molar-refractivity contribution in [3.8, 4) is 0 Å². The first-order valence-corrected chi connectivity index (χ1v) is 7.27. The van der Waals surface area contributed by atoms with E-state index in [4.69, 9.17) is 4.74 Å². The molecule has 0 radical (unpaired) electrons. The minimum atomic E-state index is -6.10. The van der Waals surface area contributed by atoms with E-state index < -0.39 is 30.0 Å². The monoisotopic (exact) mass is 360 g/mol. The van der Waals surface area contributed by atoms with Crippen LogP contribution in [0.15, 0.2) is 24.3 Å². The Labute approximate surface area is 135 Å². The van der Waals surface area contributed by atoms with Crippen LogP contribution in [0.4, 0.5) is 30.7 Å². The van der Waals surface area contributed by atoms with E-state index in [1.54, 1.807) is 12.1 Å². The van der Waals surface area contributed by atoms with E-state index in [2.05, 4.69) is 0 Å². The van der Waals surface area contributed by atoms with Gasteiger partial charge in [0.1, 0.15) is 0 Å². The van der Waals surface area contributed by atoms with E-state index in [-0.39, 0.29) is 5.56 Å². The smallest absolute Gasteiger partial charge is 0.374 e. The topological polar surface area (TPSA) is 9.23 Å². The van der Waals surface area contributed by atoms with E-state index in [9.17, 15) is 30.7 Å². The van der Waals surface area contributed by atoms with Crippen LogP contribution in [0.2, 0.25) is 0 Å². The van der Waals surface area contributed by atoms with E-state index in [1.807, 2.05) is 6.92 Å². The predicted octanol–water partition coefficient (Wildman–Crippen LogP) is 5.72. The second-order valence-corrected chi connectivity index (χ2v) is 5.86. The Bertz CT molecular complexity index is 519. The normalized spacial score (nSPS) is 16.1. The Balaban J connectivity index is 3.26. The van der Waals surface area contributed by atoms with Crippen LogP contribution in [0.25, 0.3) is 0 Å². The highest BCUT2D eigenvalue weighted by atomic mass is 19.4. The van der Waals surface area contributed by atoms with Crippen molar-refractivity contribution in [3.63, 3.8) is 0 Å². The third-order valence-corrected chi connectivity index (χ3v) is 4.03. The fourth-order valence-corrected chi connectivity index (χ4v) is 2.43. The third-order valence-electron chi connectivity index (χ3n) is 4.03. The van der Waals surface area contributed by atoms with Gasteiger partial charge in [0.15, 0.2) is 0 Å². The van der Waals surface area contributed by atoms with Crippen LogP contribution in [-0.4, -0.2) is 25.1 Å². The molecule has 138 valence electrons. The zero-order chi connectivity index (χ0) is 18.8. The predicted molar refractivity (Wildman–Crippen MR) is 75.4 cm³/mol. The third kappa shape index (κ3) is 4.02. The summed E-state index contributed by atoms with van der Waals surface area (Å²) < 4.78 is 95.7. The number of aryl methyl sites for hydroxylation is 1. The lowest BCUT2D eigenvalue weighted by molar-refractivity contribution is -0.353. The Morgan fingerprint density at radius 1 is 0.875 bits per heavy atom. The molecule has 0 aromatic heterocycles. The maximum absolute atomic E-state index is 14.0. The van der Waals surface area contributed by atoms with E-state index in [0.29, 0.717) is 6.42 Å². The van der Waals surface area contributed by atoms with Crippen molar-refractivity contribution in [1.29, 1.82) is 0 Å². The van der Waals surface area contributed by atoms with Crippen LogP contribution in [0.1, 0.15) is 37.8 Å². The average molecular weight is 360 g/mol. The molecule has 0 aliphatic heterocycles. The fourth-order valence-electron chi connectivity index (χ4n) is 2.43. The maximum atomic E-state index is 14.0. The van der Waals surface area contributed by atoms with Gasteiger partial charge in [-0.1, -0.05) is 37.6 Å². The summed E-state index contributed by atoms with van der Waals surface area (Å²) in [6.45, 7) is 2.94. The molecule has 0 heterocycles. The van der Waals surface area contributed by atoms with E-state index in [0.717, 1.165) is 26.0 Å². The summed E-state index contributed by atoms with van der Waals surface area (Å²) in [4.78, 5) is 0. The van der Waals surface area contributed by atoms with Crippen molar-refractivity contribution in [2.24, 2.45) is 0 Å². The number of alkyl halides is 7. The lowest BCUT2D eigenvalue weighted by Gasteiger charge is -2.38. The summed E-state index contributed by atoms with van der Waals surface area (Å²) >= 11 is 0. The van der Waals surface area contributed by atoms with Crippen LogP contribution < -0.4 is 0 Å². The van der Waals surface area contributed by atoms with Gasteiger partial charge in [-0.25, -0.2) is 4.39 Å². The van der Waals surface area contributed by atoms with Gasteiger partial charge in [0.2, 0.25) is 0 Å². The summed E-state index contributed by atoms with van der Waals surface area (Å²) in [7, 11) is 0.952. The molecule has 24 heavy (non-hydrogen) atoms. The van der Waals surface area contributed by atoms with Crippen LogP contribution >= 0.6 is 0 Å². The van der Waals surface area contributed by atoms with Gasteiger partial charge in [0.25, 0.3) is 0 Å². The van der Waals surface area contributed by atoms with Gasteiger partial charge in [-0.15, -0.1) is 0 Å². The summed E-state index contributed by atoms with van der Waals surface area (Å²) in [5, 5.41) is 0. The first kappa shape index (κ1) is 20.7. The Kier molecular flexibility index (Phi) is 5.96. The highest BCUT2D eigenvalue weighted by Gasteiger charge is 2.74. The van der Waals surface area contributed by atoms with Crippen molar-refractivity contribution >= 4 is 0 Å². The molecule has 0 spiro atoms. The number of halogens is 7. The lowest BCUT2D eigenvalue weighted by Crippen LogP contribution is -2.56. The van der Waals surface area contributed by atoms with Crippen LogP contribution in [0.5, 0.6) is 0 Å². The molecule has 1 atom stereocenters. The highest BCUT2D eigenvalue weighted by Crippen LogP contribution is 2.52. The molecule has 0 aliphatic rings. The molecule has 1 aromatic carbocycles. The van der Waals surface area contributed by atoms with Gasteiger partial charge in [-0.2, -0.15) is 26.3 Å². The molecule has 0 N–H and O–H groups in total. The Morgan fingerprint density at radius 3 is 1.67 bits per heavy atom. The van der Waals surface area contributed by atoms with Crippen molar-refractivity contribution in [2.45, 2.75) is 56.7 Å². The first-order chi connectivity index (χ1) is 10.8. The summed E-state index contributed by atoms with van der Waals surface area (Å²) in [5.41, 5.74) is -6.55. The molecule has 0 bridgehead atoms. The fraction of sp³-hybridized carbons (Fsp3) is 0.625. The molecule has 0 aliphatic carbocycles. The van der Waals surface area contributed by atoms with Gasteiger partial charge in [-0.05, 0) is 24.5 Å². The van der Waals surface area contributed by atoms with Crippen molar-refractivity contribution in [2.75, 3.05) is 7.11 Å². The number of hydrogen-bond acceptors (Lipinski definition) is 1. The number of hydrogen-bond donors (Lipinski definition) is 0. The zero-order valence-corrected chi connectivity index (χ0v) is 13.5. The summed E-state index contributed by atoms with van der Waals surface area (Å²) in [5.74, 6) is 0. The molecule has 1 unspecified atom stereocenters. The van der Waals surface area contributed by atoms with E-state index in [1.165, 1.54) is 12.1 Å². The molecular formula is C16H19F7O. The number of ether oxygens (including phenoxy) is 1. The van der Waals surface area contributed by atoms with Crippen molar-refractivity contribution in [1.82, 2.24) is 0 Å². The van der Waals surface area contributed by atoms with Crippen LogP contribution in [-0.2, 0) is 16.8 Å². The van der Waals surface area contributed by atoms with Gasteiger partial charge in [-0.3, -0.25) is 0 Å². The standard InChI is InChI=1S/C16H19F7O/c1-4-5-11-6-8-12(9-7-11)13(2,24-3)10-14(17,15(18,19)20)16(21,22)23/h6-9H,4-5,10H2,1-3H3. The molecule has 1 nitrogen and oxygen atoms in total.